The number of amides is 3. The molecule has 1 unspecified atom stereocenters. The van der Waals surface area contributed by atoms with E-state index in [2.05, 4.69) is 31.0 Å². The number of rotatable bonds is 8. The van der Waals surface area contributed by atoms with Crippen molar-refractivity contribution in [3.05, 3.63) is 0 Å². The maximum atomic E-state index is 12.3. The first-order chi connectivity index (χ1) is 13.1. The molecular formula is C20H38N4O4. The van der Waals surface area contributed by atoms with E-state index in [0.29, 0.717) is 32.7 Å². The Hall–Kier alpha value is -1.83. The number of piperazine rings is 1. The molecule has 0 radical (unpaired) electrons. The Kier molecular flexibility index (Phi) is 9.72. The van der Waals surface area contributed by atoms with Gasteiger partial charge >= 0.3 is 6.09 Å². The van der Waals surface area contributed by atoms with Crippen LogP contribution in [0.1, 0.15) is 54.4 Å². The Balaban J connectivity index is 2.30. The quantitative estimate of drug-likeness (QED) is 0.673. The average Bonchev–Trinajstić information content (AvgIpc) is 2.64. The van der Waals surface area contributed by atoms with E-state index in [1.807, 2.05) is 20.8 Å². The highest BCUT2D eigenvalue weighted by Crippen LogP contribution is 2.12. The summed E-state index contributed by atoms with van der Waals surface area (Å²) in [5.74, 6) is -0.143. The Morgan fingerprint density at radius 3 is 2.04 bits per heavy atom. The van der Waals surface area contributed by atoms with Crippen LogP contribution in [0.4, 0.5) is 4.79 Å². The third-order valence-electron chi connectivity index (χ3n) is 4.88. The van der Waals surface area contributed by atoms with Gasteiger partial charge in [-0.15, -0.1) is 0 Å². The van der Waals surface area contributed by atoms with Crippen LogP contribution in [0.25, 0.3) is 0 Å². The second-order valence-corrected chi connectivity index (χ2v) is 8.22. The first kappa shape index (κ1) is 24.2. The van der Waals surface area contributed by atoms with Gasteiger partial charge in [-0.05, 0) is 40.8 Å². The number of hydrogen-bond donors (Lipinski definition) is 1. The van der Waals surface area contributed by atoms with Gasteiger partial charge in [-0.3, -0.25) is 14.5 Å². The molecule has 1 aliphatic rings. The van der Waals surface area contributed by atoms with E-state index in [-0.39, 0.29) is 36.8 Å². The maximum Gasteiger partial charge on any atom is 0.410 e. The number of carbonyl (C=O) groups excluding carboxylic acids is 3. The Labute approximate surface area is 169 Å². The SMILES string of the molecule is CCN(CC)C(C)CNC(=O)CCC(=O)N1CCN(C(=O)OC(C)(C)C)CC1. The molecule has 0 spiro atoms. The van der Waals surface area contributed by atoms with Crippen LogP contribution < -0.4 is 5.32 Å². The highest BCUT2D eigenvalue weighted by atomic mass is 16.6. The molecule has 1 saturated heterocycles. The van der Waals surface area contributed by atoms with Crippen LogP contribution in [0.5, 0.6) is 0 Å². The Morgan fingerprint density at radius 1 is 1.00 bits per heavy atom. The van der Waals surface area contributed by atoms with Gasteiger partial charge in [0.25, 0.3) is 0 Å². The number of ether oxygens (including phenoxy) is 1. The smallest absolute Gasteiger partial charge is 0.410 e. The van der Waals surface area contributed by atoms with Crippen molar-refractivity contribution in [1.29, 1.82) is 0 Å². The lowest BCUT2D eigenvalue weighted by Gasteiger charge is -2.35. The number of hydrogen-bond acceptors (Lipinski definition) is 5. The molecule has 8 heteroatoms. The van der Waals surface area contributed by atoms with Crippen LogP contribution in [0.15, 0.2) is 0 Å². The van der Waals surface area contributed by atoms with Gasteiger partial charge in [0, 0.05) is 51.6 Å². The standard InChI is InChI=1S/C20H38N4O4/c1-7-22(8-2)16(3)15-21-17(25)9-10-18(26)23-11-13-24(14-12-23)19(27)28-20(4,5)6/h16H,7-15H2,1-6H3,(H,21,25). The molecule has 3 amide bonds. The first-order valence-electron chi connectivity index (χ1n) is 10.3. The zero-order valence-corrected chi connectivity index (χ0v) is 18.4. The molecule has 0 aromatic rings. The lowest BCUT2D eigenvalue weighted by molar-refractivity contribution is -0.135. The molecule has 0 bridgehead atoms. The highest BCUT2D eigenvalue weighted by molar-refractivity contribution is 5.84. The van der Waals surface area contributed by atoms with Gasteiger partial charge in [-0.25, -0.2) is 4.79 Å². The van der Waals surface area contributed by atoms with Gasteiger partial charge in [-0.2, -0.15) is 0 Å². The fraction of sp³-hybridized carbons (Fsp3) is 0.850. The lowest BCUT2D eigenvalue weighted by Crippen LogP contribution is -2.51. The molecule has 1 fully saturated rings. The van der Waals surface area contributed by atoms with Crippen LogP contribution in [-0.2, 0) is 14.3 Å². The Morgan fingerprint density at radius 2 is 1.54 bits per heavy atom. The van der Waals surface area contributed by atoms with Crippen molar-refractivity contribution in [3.8, 4) is 0 Å². The van der Waals surface area contributed by atoms with Crippen LogP contribution in [0, 0.1) is 0 Å². The van der Waals surface area contributed by atoms with E-state index in [1.165, 1.54) is 0 Å². The van der Waals surface area contributed by atoms with E-state index in [1.54, 1.807) is 9.80 Å². The van der Waals surface area contributed by atoms with Crippen LogP contribution in [0.3, 0.4) is 0 Å². The van der Waals surface area contributed by atoms with Crippen molar-refractivity contribution in [3.63, 3.8) is 0 Å². The van der Waals surface area contributed by atoms with Crippen molar-refractivity contribution in [2.75, 3.05) is 45.8 Å². The third kappa shape index (κ3) is 8.46. The molecule has 0 aromatic carbocycles. The van der Waals surface area contributed by atoms with Crippen LogP contribution in [-0.4, -0.2) is 90.1 Å². The summed E-state index contributed by atoms with van der Waals surface area (Å²) in [5, 5.41) is 2.91. The summed E-state index contributed by atoms with van der Waals surface area (Å²) in [6.07, 6.45) is 0.0369. The fourth-order valence-electron chi connectivity index (χ4n) is 3.17. The molecule has 162 valence electrons. The molecule has 1 N–H and O–H groups in total. The number of nitrogens with zero attached hydrogens (tertiary/aromatic N) is 3. The normalized spacial score (nSPS) is 16.1. The zero-order valence-electron chi connectivity index (χ0n) is 18.4. The molecule has 1 aliphatic heterocycles. The van der Waals surface area contributed by atoms with Gasteiger partial charge in [0.1, 0.15) is 5.60 Å². The molecule has 1 heterocycles. The van der Waals surface area contributed by atoms with Gasteiger partial charge in [0.2, 0.25) is 11.8 Å². The zero-order chi connectivity index (χ0) is 21.3. The molecule has 0 aromatic heterocycles. The summed E-state index contributed by atoms with van der Waals surface area (Å²) >= 11 is 0. The van der Waals surface area contributed by atoms with E-state index < -0.39 is 5.60 Å². The number of nitrogens with one attached hydrogen (secondary N) is 1. The second-order valence-electron chi connectivity index (χ2n) is 8.22. The summed E-state index contributed by atoms with van der Waals surface area (Å²) in [7, 11) is 0. The minimum Gasteiger partial charge on any atom is -0.444 e. The minimum atomic E-state index is -0.528. The van der Waals surface area contributed by atoms with Gasteiger partial charge in [0.05, 0.1) is 0 Å². The minimum absolute atomic E-state index is 0.0456. The summed E-state index contributed by atoms with van der Waals surface area (Å²) < 4.78 is 5.36. The summed E-state index contributed by atoms with van der Waals surface area (Å²) in [5.41, 5.74) is -0.528. The van der Waals surface area contributed by atoms with Crippen molar-refractivity contribution in [2.45, 2.75) is 66.0 Å². The number of carbonyl (C=O) groups is 3. The second kappa shape index (κ2) is 11.2. The van der Waals surface area contributed by atoms with E-state index in [4.69, 9.17) is 4.74 Å². The molecule has 8 nitrogen and oxygen atoms in total. The number of likely N-dealkylation sites (N-methyl/N-ethyl adjacent to an activating group) is 1. The van der Waals surface area contributed by atoms with Gasteiger partial charge < -0.3 is 19.9 Å². The third-order valence-corrected chi connectivity index (χ3v) is 4.88. The van der Waals surface area contributed by atoms with Gasteiger partial charge in [-0.1, -0.05) is 13.8 Å². The van der Waals surface area contributed by atoms with Crippen molar-refractivity contribution < 1.29 is 19.1 Å². The van der Waals surface area contributed by atoms with E-state index in [9.17, 15) is 14.4 Å². The molecule has 0 saturated carbocycles. The topological polar surface area (TPSA) is 82.2 Å². The molecular weight excluding hydrogens is 360 g/mol. The van der Waals surface area contributed by atoms with E-state index >= 15 is 0 Å². The molecule has 1 atom stereocenters. The Bertz CT molecular complexity index is 521. The van der Waals surface area contributed by atoms with E-state index in [0.717, 1.165) is 13.1 Å². The summed E-state index contributed by atoms with van der Waals surface area (Å²) in [4.78, 5) is 42.1. The van der Waals surface area contributed by atoms with Crippen LogP contribution in [0.2, 0.25) is 0 Å². The monoisotopic (exact) mass is 398 g/mol. The highest BCUT2D eigenvalue weighted by Gasteiger charge is 2.27. The molecule has 1 rings (SSSR count). The largest absolute Gasteiger partial charge is 0.444 e. The maximum absolute atomic E-state index is 12.3. The van der Waals surface area contributed by atoms with Crippen LogP contribution >= 0.6 is 0 Å². The van der Waals surface area contributed by atoms with Gasteiger partial charge in [0.15, 0.2) is 0 Å². The van der Waals surface area contributed by atoms with Crippen molar-refractivity contribution in [2.24, 2.45) is 0 Å². The van der Waals surface area contributed by atoms with Crippen molar-refractivity contribution in [1.82, 2.24) is 20.0 Å². The van der Waals surface area contributed by atoms with Crippen molar-refractivity contribution >= 4 is 17.9 Å². The fourth-order valence-corrected chi connectivity index (χ4v) is 3.17. The lowest BCUT2D eigenvalue weighted by atomic mass is 10.2. The predicted octanol–water partition coefficient (Wildman–Crippen LogP) is 1.69. The first-order valence-corrected chi connectivity index (χ1v) is 10.3. The molecule has 28 heavy (non-hydrogen) atoms. The average molecular weight is 399 g/mol. The summed E-state index contributed by atoms with van der Waals surface area (Å²) in [6, 6.07) is 0.274. The predicted molar refractivity (Wildman–Crippen MR) is 109 cm³/mol. The molecule has 0 aliphatic carbocycles. The summed E-state index contributed by atoms with van der Waals surface area (Å²) in [6.45, 7) is 16.1.